The SMILES string of the molecule is c1ccc(-c2ccc(-c3nc(-c4ccccc4)nc(-c4ccc5oc6cc(-c7c8ccccc8cc8oc9ccccc9c78)ccc6c5c4)n3)cc2)cc1.c1ccc(-c2ccc(-c3nc(-c4ccccc4)nc(-c4cccc5c4oc4c(-c6cccc7cc8c(cc67)oc6ccccc68)cccc45)n3)cc2)cc1. The normalized spacial score (nSPS) is 11.7. The zero-order valence-corrected chi connectivity index (χ0v) is 57.8. The van der Waals surface area contributed by atoms with E-state index in [9.17, 15) is 0 Å². The molecule has 0 atom stereocenters. The Morgan fingerprint density at radius 1 is 0.167 bits per heavy atom. The zero-order valence-electron chi connectivity index (χ0n) is 57.8. The summed E-state index contributed by atoms with van der Waals surface area (Å²) in [4.78, 5) is 30.1. The van der Waals surface area contributed by atoms with Crippen LogP contribution < -0.4 is 0 Å². The van der Waals surface area contributed by atoms with Gasteiger partial charge in [-0.15, -0.1) is 0 Å². The Hall–Kier alpha value is -14.7. The summed E-state index contributed by atoms with van der Waals surface area (Å²) in [7, 11) is 0. The van der Waals surface area contributed by atoms with Crippen molar-refractivity contribution >= 4 is 109 Å². The van der Waals surface area contributed by atoms with Gasteiger partial charge in [-0.05, 0) is 122 Å². The molecule has 0 saturated heterocycles. The number of rotatable bonds is 10. The fourth-order valence-corrected chi connectivity index (χ4v) is 15.4. The minimum Gasteiger partial charge on any atom is -0.456 e. The van der Waals surface area contributed by atoms with Gasteiger partial charge in [0.1, 0.15) is 44.7 Å². The molecule has 10 heteroatoms. The number of hydrogen-bond acceptors (Lipinski definition) is 10. The van der Waals surface area contributed by atoms with E-state index in [2.05, 4.69) is 237 Å². The lowest BCUT2D eigenvalue weighted by molar-refractivity contribution is 0.668. The summed E-state index contributed by atoms with van der Waals surface area (Å²) in [5, 5.41) is 13.0. The lowest BCUT2D eigenvalue weighted by atomic mass is 9.93. The van der Waals surface area contributed by atoms with Crippen molar-refractivity contribution in [1.29, 1.82) is 0 Å². The van der Waals surface area contributed by atoms with E-state index in [1.165, 1.54) is 10.9 Å². The summed E-state index contributed by atoms with van der Waals surface area (Å²) in [6.07, 6.45) is 0. The monoisotopic (exact) mass is 1380 g/mol. The largest absolute Gasteiger partial charge is 0.456 e. The van der Waals surface area contributed by atoms with E-state index in [4.69, 9.17) is 47.6 Å². The first-order chi connectivity index (χ1) is 53.5. The molecular formula is C98H58N6O4. The Kier molecular flexibility index (Phi) is 14.7. The number of benzene rings is 16. The molecular weight excluding hydrogens is 1330 g/mol. The Labute approximate surface area is 617 Å². The maximum absolute atomic E-state index is 6.94. The Morgan fingerprint density at radius 3 is 1.17 bits per heavy atom. The van der Waals surface area contributed by atoms with Crippen LogP contribution in [0.3, 0.4) is 0 Å². The summed E-state index contributed by atoms with van der Waals surface area (Å²) >= 11 is 0. The molecule has 108 heavy (non-hydrogen) atoms. The van der Waals surface area contributed by atoms with Crippen molar-refractivity contribution in [2.75, 3.05) is 0 Å². The summed E-state index contributed by atoms with van der Waals surface area (Å²) in [5.41, 5.74) is 20.9. The highest BCUT2D eigenvalue weighted by Crippen LogP contribution is 2.46. The molecule has 10 nitrogen and oxygen atoms in total. The lowest BCUT2D eigenvalue weighted by Gasteiger charge is -2.10. The van der Waals surface area contributed by atoms with Gasteiger partial charge in [0, 0.05) is 82.0 Å². The van der Waals surface area contributed by atoms with Crippen LogP contribution in [0.5, 0.6) is 0 Å². The third-order valence-corrected chi connectivity index (χ3v) is 20.7. The van der Waals surface area contributed by atoms with Crippen LogP contribution in [0.1, 0.15) is 0 Å². The van der Waals surface area contributed by atoms with Crippen LogP contribution in [0.2, 0.25) is 0 Å². The molecule has 0 unspecified atom stereocenters. The molecule has 16 aromatic carbocycles. The second kappa shape index (κ2) is 25.6. The second-order valence-corrected chi connectivity index (χ2v) is 27.1. The third kappa shape index (κ3) is 10.8. The van der Waals surface area contributed by atoms with Gasteiger partial charge in [0.2, 0.25) is 0 Å². The molecule has 22 rings (SSSR count). The van der Waals surface area contributed by atoms with Gasteiger partial charge in [0.25, 0.3) is 0 Å². The number of furan rings is 4. The Morgan fingerprint density at radius 2 is 0.546 bits per heavy atom. The molecule has 6 heterocycles. The van der Waals surface area contributed by atoms with Crippen molar-refractivity contribution in [1.82, 2.24) is 29.9 Å². The fourth-order valence-electron chi connectivity index (χ4n) is 15.4. The van der Waals surface area contributed by atoms with Crippen molar-refractivity contribution in [2.45, 2.75) is 0 Å². The Balaban J connectivity index is 0.000000138. The molecule has 22 aromatic rings. The average molecular weight is 1380 g/mol. The van der Waals surface area contributed by atoms with Gasteiger partial charge >= 0.3 is 0 Å². The van der Waals surface area contributed by atoms with Gasteiger partial charge in [-0.25, -0.2) is 29.9 Å². The topological polar surface area (TPSA) is 130 Å². The smallest absolute Gasteiger partial charge is 0.167 e. The van der Waals surface area contributed by atoms with Gasteiger partial charge in [-0.1, -0.05) is 285 Å². The van der Waals surface area contributed by atoms with Gasteiger partial charge < -0.3 is 17.7 Å². The van der Waals surface area contributed by atoms with E-state index in [1.807, 2.05) is 115 Å². The minimum absolute atomic E-state index is 0.551. The zero-order chi connectivity index (χ0) is 71.2. The minimum atomic E-state index is 0.551. The first-order valence-electron chi connectivity index (χ1n) is 36.0. The quantitative estimate of drug-likeness (QED) is 0.130. The molecule has 0 N–H and O–H groups in total. The second-order valence-electron chi connectivity index (χ2n) is 27.1. The lowest BCUT2D eigenvalue weighted by Crippen LogP contribution is -2.00. The molecule has 6 aromatic heterocycles. The van der Waals surface area contributed by atoms with Crippen LogP contribution in [0.4, 0.5) is 0 Å². The van der Waals surface area contributed by atoms with E-state index in [1.54, 1.807) is 0 Å². The number of aromatic nitrogens is 6. The predicted molar refractivity (Wildman–Crippen MR) is 438 cm³/mol. The molecule has 504 valence electrons. The van der Waals surface area contributed by atoms with Crippen molar-refractivity contribution < 1.29 is 17.7 Å². The molecule has 0 saturated carbocycles. The number of hydrogen-bond donors (Lipinski definition) is 0. The van der Waals surface area contributed by atoms with Crippen LogP contribution in [0.15, 0.2) is 370 Å². The van der Waals surface area contributed by atoms with Crippen LogP contribution in [0.25, 0.3) is 222 Å². The highest BCUT2D eigenvalue weighted by molar-refractivity contribution is 6.22. The summed E-state index contributed by atoms with van der Waals surface area (Å²) in [6.45, 7) is 0. The van der Waals surface area contributed by atoms with E-state index >= 15 is 0 Å². The fraction of sp³-hybridized carbons (Fsp3) is 0. The van der Waals surface area contributed by atoms with Gasteiger partial charge in [0.05, 0.1) is 5.56 Å². The molecule has 0 aliphatic rings. The number of fused-ring (bicyclic) bond motifs is 14. The molecule has 0 fully saturated rings. The summed E-state index contributed by atoms with van der Waals surface area (Å²) in [5.74, 6) is 3.59. The van der Waals surface area contributed by atoms with Crippen molar-refractivity contribution in [3.05, 3.63) is 352 Å². The summed E-state index contributed by atoms with van der Waals surface area (Å²) < 4.78 is 26.2. The van der Waals surface area contributed by atoms with E-state index in [0.717, 1.165) is 176 Å². The average Bonchev–Trinajstić information content (AvgIpc) is 1.56. The molecule has 0 radical (unpaired) electrons. The first kappa shape index (κ1) is 61.9. The van der Waals surface area contributed by atoms with E-state index in [0.29, 0.717) is 34.9 Å². The summed E-state index contributed by atoms with van der Waals surface area (Å²) in [6, 6.07) is 121. The molecule has 0 spiro atoms. The van der Waals surface area contributed by atoms with Crippen LogP contribution in [0, 0.1) is 0 Å². The third-order valence-electron chi connectivity index (χ3n) is 20.7. The first-order valence-corrected chi connectivity index (χ1v) is 36.0. The van der Waals surface area contributed by atoms with Crippen LogP contribution in [-0.4, -0.2) is 29.9 Å². The highest BCUT2D eigenvalue weighted by atomic mass is 16.3. The van der Waals surface area contributed by atoms with Crippen LogP contribution >= 0.6 is 0 Å². The van der Waals surface area contributed by atoms with Crippen molar-refractivity contribution in [3.8, 4) is 113 Å². The van der Waals surface area contributed by atoms with Crippen LogP contribution in [-0.2, 0) is 0 Å². The molecule has 0 bridgehead atoms. The maximum atomic E-state index is 6.94. The van der Waals surface area contributed by atoms with Crippen molar-refractivity contribution in [3.63, 3.8) is 0 Å². The van der Waals surface area contributed by atoms with Gasteiger partial charge in [-0.2, -0.15) is 0 Å². The Bertz CT molecular complexity index is 7280. The highest BCUT2D eigenvalue weighted by Gasteiger charge is 2.24. The van der Waals surface area contributed by atoms with E-state index in [-0.39, 0.29) is 0 Å². The molecule has 0 aliphatic carbocycles. The van der Waals surface area contributed by atoms with E-state index < -0.39 is 0 Å². The van der Waals surface area contributed by atoms with Gasteiger partial charge in [-0.3, -0.25) is 0 Å². The molecule has 0 amide bonds. The van der Waals surface area contributed by atoms with Gasteiger partial charge in [0.15, 0.2) is 34.9 Å². The predicted octanol–water partition coefficient (Wildman–Crippen LogP) is 26.3. The standard InChI is InChI=1S/2C49H29N3O2/c1-3-12-30(13-4-1)31-24-26-33(27-25-31)48-50-47(32-14-5-2-6-15-32)51-49(52-48)40-22-11-21-39-38-20-10-19-37(45(38)54-46(39)40)35-18-9-16-34-28-42-36-17-7-8-23-43(36)53-44(42)29-41(34)35;1-3-11-30(12-4-1)31-19-21-33(22-20-31)48-50-47(32-13-5-2-6-14-32)51-49(52-48)36-24-26-42-40(27-36)38-25-23-35(29-43(38)53-42)45-37-16-8-7-15-34(37)28-44-46(45)39-17-9-10-18-41(39)54-44/h2*1-29H. The number of para-hydroxylation sites is 4. The van der Waals surface area contributed by atoms with Crippen molar-refractivity contribution in [2.24, 2.45) is 0 Å². The molecule has 0 aliphatic heterocycles. The maximum Gasteiger partial charge on any atom is 0.167 e. The number of nitrogens with zero attached hydrogens (tertiary/aromatic N) is 6.